The van der Waals surface area contributed by atoms with Crippen molar-refractivity contribution in [2.45, 2.75) is 142 Å². The van der Waals surface area contributed by atoms with Crippen LogP contribution in [0.4, 0.5) is 4.79 Å². The first-order chi connectivity index (χ1) is 15.1. The Hall–Kier alpha value is -1.39. The Morgan fingerprint density at radius 1 is 0.812 bits per heavy atom. The second-order valence-electron chi connectivity index (χ2n) is 9.95. The van der Waals surface area contributed by atoms with Gasteiger partial charge in [-0.2, -0.15) is 0 Å². The van der Waals surface area contributed by atoms with Crippen molar-refractivity contribution in [1.29, 1.82) is 0 Å². The number of carbonyl (C=O) groups excluding carboxylic acids is 1. The van der Waals surface area contributed by atoms with E-state index in [0.29, 0.717) is 23.0 Å². The van der Waals surface area contributed by atoms with Gasteiger partial charge in [0.25, 0.3) is 0 Å². The third-order valence-electron chi connectivity index (χ3n) is 6.60. The Morgan fingerprint density at radius 3 is 1.81 bits per heavy atom. The fourth-order valence-electron chi connectivity index (χ4n) is 4.73. The summed E-state index contributed by atoms with van der Waals surface area (Å²) in [5.41, 5.74) is 4.20. The van der Waals surface area contributed by atoms with Crippen LogP contribution in [0.5, 0.6) is 0 Å². The summed E-state index contributed by atoms with van der Waals surface area (Å²) in [6, 6.07) is 0. The second kappa shape index (κ2) is 16.3. The minimum Gasteiger partial charge on any atom is -0.438 e. The van der Waals surface area contributed by atoms with Crippen molar-refractivity contribution in [2.24, 2.45) is 0 Å². The van der Waals surface area contributed by atoms with Gasteiger partial charge in [-0.3, -0.25) is 0 Å². The molecule has 0 aromatic heterocycles. The number of unbranched alkanes of at least 4 members (excludes halogenated alkanes) is 7. The van der Waals surface area contributed by atoms with Gasteiger partial charge in [0.2, 0.25) is 5.60 Å². The first-order valence-electron chi connectivity index (χ1n) is 12.9. The van der Waals surface area contributed by atoms with Crippen LogP contribution in [0.2, 0.25) is 16.6 Å². The van der Waals surface area contributed by atoms with Crippen LogP contribution in [0.1, 0.15) is 120 Å². The summed E-state index contributed by atoms with van der Waals surface area (Å²) in [7, 11) is -0.627. The minimum atomic E-state index is -1.98. The van der Waals surface area contributed by atoms with E-state index in [2.05, 4.69) is 78.7 Å². The highest BCUT2D eigenvalue weighted by molar-refractivity contribution is 6.90. The second-order valence-corrected chi connectivity index (χ2v) is 15.5. The molecule has 0 rings (SSSR count). The summed E-state index contributed by atoms with van der Waals surface area (Å²) < 4.78 is 10.7. The van der Waals surface area contributed by atoms with Gasteiger partial charge in [0.1, 0.15) is 8.07 Å². The zero-order chi connectivity index (χ0) is 24.6. The SMILES string of the molecule is CCCCCCC#CC(C#C[Si](C(C)C)(C(C)C)C(C)C)(CCCCCC)OC(=O)OC. The van der Waals surface area contributed by atoms with Gasteiger partial charge in [0.15, 0.2) is 0 Å². The number of rotatable bonds is 13. The lowest BCUT2D eigenvalue weighted by Crippen LogP contribution is -2.44. The average Bonchev–Trinajstić information content (AvgIpc) is 2.73. The van der Waals surface area contributed by atoms with E-state index in [1.165, 1.54) is 26.4 Å². The molecule has 0 N–H and O–H groups in total. The van der Waals surface area contributed by atoms with Crippen LogP contribution in [0.15, 0.2) is 0 Å². The third kappa shape index (κ3) is 10.0. The monoisotopic (exact) mass is 462 g/mol. The molecule has 0 aliphatic heterocycles. The maximum absolute atomic E-state index is 12.2. The predicted octanol–water partition coefficient (Wildman–Crippen LogP) is 8.67. The first-order valence-corrected chi connectivity index (χ1v) is 15.2. The van der Waals surface area contributed by atoms with Crippen molar-refractivity contribution in [3.8, 4) is 23.3 Å². The smallest absolute Gasteiger partial charge is 0.438 e. The highest BCUT2D eigenvalue weighted by Crippen LogP contribution is 2.41. The number of carbonyl (C=O) groups is 1. The normalized spacial score (nSPS) is 13.2. The first kappa shape index (κ1) is 30.6. The van der Waals surface area contributed by atoms with Crippen molar-refractivity contribution in [2.75, 3.05) is 7.11 Å². The molecule has 32 heavy (non-hydrogen) atoms. The molecule has 0 aromatic carbocycles. The zero-order valence-electron chi connectivity index (χ0n) is 22.5. The lowest BCUT2D eigenvalue weighted by molar-refractivity contribution is 0.0261. The third-order valence-corrected chi connectivity index (χ3v) is 12.9. The standard InChI is InChI=1S/C28H50O3Si/c1-10-12-14-16-17-19-21-28(31-27(29)30-9,20-18-15-13-11-2)22-23-32(24(3)4,25(5)6)26(7)8/h24-26H,10-18,20H2,1-9H3. The molecule has 1 unspecified atom stereocenters. The Bertz CT molecular complexity index is 623. The lowest BCUT2D eigenvalue weighted by atomic mass is 9.96. The topological polar surface area (TPSA) is 35.5 Å². The summed E-state index contributed by atoms with van der Waals surface area (Å²) >= 11 is 0. The Balaban J connectivity index is 6.25. The van der Waals surface area contributed by atoms with Crippen molar-refractivity contribution in [3.63, 3.8) is 0 Å². The van der Waals surface area contributed by atoms with Crippen molar-refractivity contribution < 1.29 is 14.3 Å². The maximum atomic E-state index is 12.2. The van der Waals surface area contributed by atoms with Crippen LogP contribution in [0, 0.1) is 23.3 Å². The van der Waals surface area contributed by atoms with E-state index < -0.39 is 19.8 Å². The number of methoxy groups -OCH3 is 1. The van der Waals surface area contributed by atoms with Gasteiger partial charge < -0.3 is 9.47 Å². The van der Waals surface area contributed by atoms with Crippen molar-refractivity contribution in [3.05, 3.63) is 0 Å². The Labute approximate surface area is 200 Å². The molecule has 4 heteroatoms. The maximum Gasteiger partial charge on any atom is 0.510 e. The van der Waals surface area contributed by atoms with Gasteiger partial charge in [-0.1, -0.05) is 99.8 Å². The molecular weight excluding hydrogens is 412 g/mol. The molecule has 3 nitrogen and oxygen atoms in total. The van der Waals surface area contributed by atoms with Crippen LogP contribution in [-0.4, -0.2) is 26.9 Å². The van der Waals surface area contributed by atoms with Crippen molar-refractivity contribution >= 4 is 14.2 Å². The molecule has 0 spiro atoms. The van der Waals surface area contributed by atoms with Crippen LogP contribution in [0.3, 0.4) is 0 Å². The zero-order valence-corrected chi connectivity index (χ0v) is 23.5. The van der Waals surface area contributed by atoms with E-state index in [1.54, 1.807) is 0 Å². The molecule has 0 saturated carbocycles. The van der Waals surface area contributed by atoms with Crippen LogP contribution >= 0.6 is 0 Å². The molecule has 1 atom stereocenters. The van der Waals surface area contributed by atoms with Gasteiger partial charge in [0.05, 0.1) is 7.11 Å². The van der Waals surface area contributed by atoms with Crippen LogP contribution < -0.4 is 0 Å². The van der Waals surface area contributed by atoms with E-state index in [1.807, 2.05) is 0 Å². The number of hydrogen-bond acceptors (Lipinski definition) is 3. The largest absolute Gasteiger partial charge is 0.510 e. The molecule has 0 amide bonds. The fourth-order valence-corrected chi connectivity index (χ4v) is 10.0. The average molecular weight is 463 g/mol. The number of hydrogen-bond donors (Lipinski definition) is 0. The number of ether oxygens (including phenoxy) is 2. The minimum absolute atomic E-state index is 0.507. The Morgan fingerprint density at radius 2 is 1.34 bits per heavy atom. The summed E-state index contributed by atoms with van der Waals surface area (Å²) in [5.74, 6) is 10.1. The highest BCUT2D eigenvalue weighted by Gasteiger charge is 2.43. The molecule has 0 heterocycles. The Kier molecular flexibility index (Phi) is 15.5. The summed E-state index contributed by atoms with van der Waals surface area (Å²) in [6.07, 6.45) is 9.78. The van der Waals surface area contributed by atoms with Gasteiger partial charge in [-0.05, 0) is 41.3 Å². The summed E-state index contributed by atoms with van der Waals surface area (Å²) in [6.45, 7) is 18.2. The van der Waals surface area contributed by atoms with Gasteiger partial charge in [-0.15, -0.1) is 5.54 Å². The van der Waals surface area contributed by atoms with E-state index in [4.69, 9.17) is 9.47 Å². The van der Waals surface area contributed by atoms with Gasteiger partial charge in [-0.25, -0.2) is 4.79 Å². The van der Waals surface area contributed by atoms with Crippen LogP contribution in [-0.2, 0) is 9.47 Å². The summed E-state index contributed by atoms with van der Waals surface area (Å²) in [5, 5.41) is 0. The molecule has 0 aromatic rings. The lowest BCUT2D eigenvalue weighted by Gasteiger charge is -2.38. The van der Waals surface area contributed by atoms with E-state index >= 15 is 0 Å². The molecule has 0 bridgehead atoms. The van der Waals surface area contributed by atoms with E-state index in [-0.39, 0.29) is 0 Å². The highest BCUT2D eigenvalue weighted by atomic mass is 28.3. The molecular formula is C28H50O3Si. The van der Waals surface area contributed by atoms with Crippen molar-refractivity contribution in [1.82, 2.24) is 0 Å². The van der Waals surface area contributed by atoms with E-state index in [9.17, 15) is 4.79 Å². The molecule has 0 aliphatic carbocycles. The van der Waals surface area contributed by atoms with Gasteiger partial charge >= 0.3 is 6.16 Å². The molecule has 0 saturated heterocycles. The van der Waals surface area contributed by atoms with Crippen LogP contribution in [0.25, 0.3) is 0 Å². The predicted molar refractivity (Wildman–Crippen MR) is 140 cm³/mol. The summed E-state index contributed by atoms with van der Waals surface area (Å²) in [4.78, 5) is 12.2. The quantitative estimate of drug-likeness (QED) is 0.119. The van der Waals surface area contributed by atoms with Gasteiger partial charge in [0, 0.05) is 12.8 Å². The molecule has 0 fully saturated rings. The van der Waals surface area contributed by atoms with E-state index in [0.717, 1.165) is 38.5 Å². The fraction of sp³-hybridized carbons (Fsp3) is 0.821. The molecule has 0 radical (unpaired) electrons. The molecule has 0 aliphatic rings. The molecule has 184 valence electrons.